The number of benzene rings is 2. The maximum Gasteiger partial charge on any atom is 0.181 e. The van der Waals surface area contributed by atoms with Gasteiger partial charge in [0.1, 0.15) is 5.82 Å². The largest absolute Gasteiger partial charge is 0.444 e. The predicted octanol–water partition coefficient (Wildman–Crippen LogP) is 4.09. The standard InChI is InChI=1S/C16H13FN2O/c17-14-3-1-2-12(8-14)9-19-15-6-4-13(5-7-15)16-10-18-11-20-16/h1-8,10-11,19H,9H2. The summed E-state index contributed by atoms with van der Waals surface area (Å²) in [5.74, 6) is 0.520. The number of hydrogen-bond acceptors (Lipinski definition) is 3. The molecule has 0 atom stereocenters. The summed E-state index contributed by atoms with van der Waals surface area (Å²) in [6.45, 7) is 0.583. The van der Waals surface area contributed by atoms with E-state index in [0.717, 1.165) is 22.6 Å². The second-order valence-electron chi connectivity index (χ2n) is 4.43. The van der Waals surface area contributed by atoms with Crippen molar-refractivity contribution < 1.29 is 8.81 Å². The lowest BCUT2D eigenvalue weighted by Crippen LogP contribution is -1.99. The van der Waals surface area contributed by atoms with Crippen LogP contribution < -0.4 is 5.32 Å². The Kier molecular flexibility index (Phi) is 3.46. The Morgan fingerprint density at radius 2 is 1.95 bits per heavy atom. The molecule has 0 saturated carbocycles. The predicted molar refractivity (Wildman–Crippen MR) is 75.7 cm³/mol. The Hall–Kier alpha value is -2.62. The van der Waals surface area contributed by atoms with E-state index in [1.54, 1.807) is 12.3 Å². The van der Waals surface area contributed by atoms with Gasteiger partial charge in [0, 0.05) is 17.8 Å². The smallest absolute Gasteiger partial charge is 0.181 e. The van der Waals surface area contributed by atoms with Gasteiger partial charge in [0.15, 0.2) is 12.2 Å². The lowest BCUT2D eigenvalue weighted by Gasteiger charge is -2.07. The van der Waals surface area contributed by atoms with Crippen LogP contribution in [0.4, 0.5) is 10.1 Å². The Morgan fingerprint density at radius 1 is 1.10 bits per heavy atom. The van der Waals surface area contributed by atoms with Crippen LogP contribution in [0.1, 0.15) is 5.56 Å². The Morgan fingerprint density at radius 3 is 2.65 bits per heavy atom. The van der Waals surface area contributed by atoms with Gasteiger partial charge in [-0.2, -0.15) is 0 Å². The van der Waals surface area contributed by atoms with E-state index in [9.17, 15) is 4.39 Å². The summed E-state index contributed by atoms with van der Waals surface area (Å²) in [5.41, 5.74) is 2.85. The highest BCUT2D eigenvalue weighted by Crippen LogP contribution is 2.21. The second-order valence-corrected chi connectivity index (χ2v) is 4.43. The normalized spacial score (nSPS) is 10.4. The molecule has 0 unspecified atom stereocenters. The molecule has 0 bridgehead atoms. The van der Waals surface area contributed by atoms with Crippen LogP contribution in [0.3, 0.4) is 0 Å². The topological polar surface area (TPSA) is 38.1 Å². The van der Waals surface area contributed by atoms with Crippen molar-refractivity contribution in [2.75, 3.05) is 5.32 Å². The molecule has 0 saturated heterocycles. The average Bonchev–Trinajstić information content (AvgIpc) is 3.00. The van der Waals surface area contributed by atoms with Gasteiger partial charge < -0.3 is 9.73 Å². The summed E-state index contributed by atoms with van der Waals surface area (Å²) in [6.07, 6.45) is 3.08. The third kappa shape index (κ3) is 2.85. The molecular weight excluding hydrogens is 255 g/mol. The Balaban J connectivity index is 1.67. The first-order valence-corrected chi connectivity index (χ1v) is 6.28. The van der Waals surface area contributed by atoms with Gasteiger partial charge in [0.05, 0.1) is 6.20 Å². The fraction of sp³-hybridized carbons (Fsp3) is 0.0625. The molecule has 4 heteroatoms. The molecule has 2 aromatic carbocycles. The molecule has 20 heavy (non-hydrogen) atoms. The molecule has 0 aliphatic heterocycles. The summed E-state index contributed by atoms with van der Waals surface area (Å²) in [4.78, 5) is 3.89. The van der Waals surface area contributed by atoms with Gasteiger partial charge >= 0.3 is 0 Å². The molecular formula is C16H13FN2O. The summed E-state index contributed by atoms with van der Waals surface area (Å²) in [6, 6.07) is 14.4. The van der Waals surface area contributed by atoms with Crippen molar-refractivity contribution in [3.8, 4) is 11.3 Å². The molecule has 0 amide bonds. The maximum atomic E-state index is 13.1. The van der Waals surface area contributed by atoms with Gasteiger partial charge in [-0.15, -0.1) is 0 Å². The van der Waals surface area contributed by atoms with Gasteiger partial charge in [0.25, 0.3) is 0 Å². The second kappa shape index (κ2) is 5.57. The summed E-state index contributed by atoms with van der Waals surface area (Å²) < 4.78 is 18.3. The van der Waals surface area contributed by atoms with Crippen molar-refractivity contribution in [1.82, 2.24) is 4.98 Å². The lowest BCUT2D eigenvalue weighted by atomic mass is 10.1. The van der Waals surface area contributed by atoms with Crippen LogP contribution in [0.2, 0.25) is 0 Å². The van der Waals surface area contributed by atoms with E-state index in [1.165, 1.54) is 18.5 Å². The van der Waals surface area contributed by atoms with Crippen molar-refractivity contribution in [2.45, 2.75) is 6.54 Å². The number of aromatic nitrogens is 1. The number of anilines is 1. The van der Waals surface area contributed by atoms with Crippen LogP contribution >= 0.6 is 0 Å². The monoisotopic (exact) mass is 268 g/mol. The molecule has 3 rings (SSSR count). The average molecular weight is 268 g/mol. The third-order valence-corrected chi connectivity index (χ3v) is 2.99. The molecule has 1 N–H and O–H groups in total. The number of nitrogens with zero attached hydrogens (tertiary/aromatic N) is 1. The van der Waals surface area contributed by atoms with Crippen LogP contribution in [-0.2, 0) is 6.54 Å². The van der Waals surface area contributed by atoms with Crippen molar-refractivity contribution in [2.24, 2.45) is 0 Å². The van der Waals surface area contributed by atoms with E-state index in [-0.39, 0.29) is 5.82 Å². The van der Waals surface area contributed by atoms with Crippen LogP contribution in [-0.4, -0.2) is 4.98 Å². The van der Waals surface area contributed by atoms with Gasteiger partial charge in [-0.3, -0.25) is 0 Å². The first-order valence-electron chi connectivity index (χ1n) is 6.28. The lowest BCUT2D eigenvalue weighted by molar-refractivity contribution is 0.572. The van der Waals surface area contributed by atoms with Crippen LogP contribution in [0.25, 0.3) is 11.3 Å². The molecule has 0 aliphatic rings. The zero-order valence-electron chi connectivity index (χ0n) is 10.7. The fourth-order valence-corrected chi connectivity index (χ4v) is 1.96. The zero-order chi connectivity index (χ0) is 13.8. The Bertz CT molecular complexity index is 678. The van der Waals surface area contributed by atoms with E-state index in [0.29, 0.717) is 6.54 Å². The van der Waals surface area contributed by atoms with Gasteiger partial charge in [-0.25, -0.2) is 9.37 Å². The third-order valence-electron chi connectivity index (χ3n) is 2.99. The van der Waals surface area contributed by atoms with E-state index in [4.69, 9.17) is 4.42 Å². The van der Waals surface area contributed by atoms with Crippen molar-refractivity contribution in [1.29, 1.82) is 0 Å². The minimum Gasteiger partial charge on any atom is -0.444 e. The molecule has 3 nitrogen and oxygen atoms in total. The van der Waals surface area contributed by atoms with E-state index in [1.807, 2.05) is 30.3 Å². The number of oxazole rings is 1. The highest BCUT2D eigenvalue weighted by molar-refractivity contribution is 5.60. The van der Waals surface area contributed by atoms with Gasteiger partial charge in [-0.1, -0.05) is 12.1 Å². The number of hydrogen-bond donors (Lipinski definition) is 1. The van der Waals surface area contributed by atoms with Crippen molar-refractivity contribution in [3.05, 3.63) is 72.5 Å². The zero-order valence-corrected chi connectivity index (χ0v) is 10.7. The van der Waals surface area contributed by atoms with Crippen LogP contribution in [0.15, 0.2) is 65.5 Å². The number of halogens is 1. The summed E-state index contributed by atoms with van der Waals surface area (Å²) in [5, 5.41) is 3.25. The van der Waals surface area contributed by atoms with E-state index < -0.39 is 0 Å². The highest BCUT2D eigenvalue weighted by Gasteiger charge is 2.01. The van der Waals surface area contributed by atoms with E-state index >= 15 is 0 Å². The summed E-state index contributed by atoms with van der Waals surface area (Å²) in [7, 11) is 0. The molecule has 0 fully saturated rings. The van der Waals surface area contributed by atoms with E-state index in [2.05, 4.69) is 10.3 Å². The molecule has 3 aromatic rings. The molecule has 1 aromatic heterocycles. The minimum atomic E-state index is -0.218. The molecule has 1 heterocycles. The quantitative estimate of drug-likeness (QED) is 0.774. The maximum absolute atomic E-state index is 13.1. The van der Waals surface area contributed by atoms with Gasteiger partial charge in [-0.05, 0) is 42.0 Å². The minimum absolute atomic E-state index is 0.218. The highest BCUT2D eigenvalue weighted by atomic mass is 19.1. The summed E-state index contributed by atoms with van der Waals surface area (Å²) >= 11 is 0. The number of nitrogens with one attached hydrogen (secondary N) is 1. The SMILES string of the molecule is Fc1cccc(CNc2ccc(-c3cnco3)cc2)c1. The van der Waals surface area contributed by atoms with Crippen LogP contribution in [0, 0.1) is 5.82 Å². The van der Waals surface area contributed by atoms with Crippen LogP contribution in [0.5, 0.6) is 0 Å². The van der Waals surface area contributed by atoms with Gasteiger partial charge in [0.2, 0.25) is 0 Å². The Labute approximate surface area is 116 Å². The van der Waals surface area contributed by atoms with Crippen molar-refractivity contribution in [3.63, 3.8) is 0 Å². The first-order chi connectivity index (χ1) is 9.81. The molecule has 100 valence electrons. The fourth-order valence-electron chi connectivity index (χ4n) is 1.96. The molecule has 0 radical (unpaired) electrons. The molecule has 0 spiro atoms. The van der Waals surface area contributed by atoms with Crippen molar-refractivity contribution >= 4 is 5.69 Å². The molecule has 0 aliphatic carbocycles. The first kappa shape index (κ1) is 12.4. The number of rotatable bonds is 4.